The second kappa shape index (κ2) is 6.85. The normalized spacial score (nSPS) is 13.5. The molecule has 1 unspecified atom stereocenters. The van der Waals surface area contributed by atoms with Crippen LogP contribution >= 0.6 is 0 Å². The summed E-state index contributed by atoms with van der Waals surface area (Å²) in [5.74, 6) is -0.329. The van der Waals surface area contributed by atoms with Crippen molar-refractivity contribution in [3.05, 3.63) is 12.2 Å². The smallest absolute Gasteiger partial charge is 0.327 e. The van der Waals surface area contributed by atoms with Crippen LogP contribution in [0.2, 0.25) is 0 Å². The van der Waals surface area contributed by atoms with Gasteiger partial charge in [-0.1, -0.05) is 13.0 Å². The highest BCUT2D eigenvalue weighted by atomic mass is 16.4. The van der Waals surface area contributed by atoms with Gasteiger partial charge in [0.2, 0.25) is 0 Å². The molecule has 0 radical (unpaired) electrons. The van der Waals surface area contributed by atoms with E-state index in [0.717, 1.165) is 19.3 Å². The van der Waals surface area contributed by atoms with Crippen molar-refractivity contribution in [3.63, 3.8) is 0 Å². The van der Waals surface area contributed by atoms with E-state index in [0.29, 0.717) is 12.5 Å². The standard InChI is InChI=1S/C9H17NO2/c1-8(7-10)5-3-2-4-6-9(11)12/h4,6,8H,2-3,5,7,10H2,1H3,(H,11,12)/b6-4+. The van der Waals surface area contributed by atoms with Gasteiger partial charge < -0.3 is 10.8 Å². The molecule has 0 aromatic rings. The number of carboxylic acids is 1. The average Bonchev–Trinajstić information content (AvgIpc) is 2.03. The first-order chi connectivity index (χ1) is 5.66. The van der Waals surface area contributed by atoms with Gasteiger partial charge in [0.25, 0.3) is 0 Å². The lowest BCUT2D eigenvalue weighted by Crippen LogP contribution is -2.10. The van der Waals surface area contributed by atoms with Crippen molar-refractivity contribution in [2.75, 3.05) is 6.54 Å². The number of hydrogen-bond acceptors (Lipinski definition) is 2. The third-order valence-corrected chi connectivity index (χ3v) is 1.73. The van der Waals surface area contributed by atoms with Crippen molar-refractivity contribution in [3.8, 4) is 0 Å². The molecule has 0 aliphatic heterocycles. The van der Waals surface area contributed by atoms with E-state index in [9.17, 15) is 4.79 Å². The van der Waals surface area contributed by atoms with Gasteiger partial charge in [-0.3, -0.25) is 0 Å². The molecule has 12 heavy (non-hydrogen) atoms. The Morgan fingerprint density at radius 2 is 2.33 bits per heavy atom. The quantitative estimate of drug-likeness (QED) is 0.469. The Kier molecular flexibility index (Phi) is 6.38. The predicted octanol–water partition coefficient (Wildman–Crippen LogP) is 1.39. The maximum Gasteiger partial charge on any atom is 0.327 e. The van der Waals surface area contributed by atoms with E-state index in [2.05, 4.69) is 6.92 Å². The summed E-state index contributed by atoms with van der Waals surface area (Å²) in [5.41, 5.74) is 5.42. The summed E-state index contributed by atoms with van der Waals surface area (Å²) in [6, 6.07) is 0. The predicted molar refractivity (Wildman–Crippen MR) is 48.8 cm³/mol. The SMILES string of the molecule is CC(CN)CCC/C=C/C(=O)O. The summed E-state index contributed by atoms with van der Waals surface area (Å²) in [7, 11) is 0. The first-order valence-electron chi connectivity index (χ1n) is 4.26. The third-order valence-electron chi connectivity index (χ3n) is 1.73. The number of nitrogens with two attached hydrogens (primary N) is 1. The van der Waals surface area contributed by atoms with Crippen LogP contribution in [0.25, 0.3) is 0 Å². The fraction of sp³-hybridized carbons (Fsp3) is 0.667. The fourth-order valence-electron chi connectivity index (χ4n) is 0.886. The number of carbonyl (C=O) groups is 1. The molecule has 0 amide bonds. The summed E-state index contributed by atoms with van der Waals surface area (Å²) in [6.07, 6.45) is 5.79. The number of unbranched alkanes of at least 4 members (excludes halogenated alkanes) is 1. The van der Waals surface area contributed by atoms with Crippen molar-refractivity contribution in [2.24, 2.45) is 11.7 Å². The average molecular weight is 171 g/mol. The molecular formula is C9H17NO2. The van der Waals surface area contributed by atoms with E-state index in [1.807, 2.05) is 0 Å². The topological polar surface area (TPSA) is 63.3 Å². The molecule has 0 rings (SSSR count). The lowest BCUT2D eigenvalue weighted by Gasteiger charge is -2.04. The maximum absolute atomic E-state index is 10.0. The van der Waals surface area contributed by atoms with Gasteiger partial charge in [-0.15, -0.1) is 0 Å². The molecule has 3 N–H and O–H groups in total. The molecule has 0 saturated heterocycles. The van der Waals surface area contributed by atoms with E-state index in [1.165, 1.54) is 6.08 Å². The van der Waals surface area contributed by atoms with Gasteiger partial charge >= 0.3 is 5.97 Å². The number of hydrogen-bond donors (Lipinski definition) is 2. The Morgan fingerprint density at radius 3 is 2.83 bits per heavy atom. The van der Waals surface area contributed by atoms with Crippen molar-refractivity contribution in [1.82, 2.24) is 0 Å². The summed E-state index contributed by atoms with van der Waals surface area (Å²) in [4.78, 5) is 10.0. The van der Waals surface area contributed by atoms with Gasteiger partial charge in [-0.2, -0.15) is 0 Å². The Labute approximate surface area is 73.3 Å². The van der Waals surface area contributed by atoms with Crippen LogP contribution in [-0.2, 0) is 4.79 Å². The molecule has 0 aliphatic carbocycles. The Morgan fingerprint density at radius 1 is 1.67 bits per heavy atom. The second-order valence-corrected chi connectivity index (χ2v) is 3.01. The van der Waals surface area contributed by atoms with Crippen LogP contribution in [0.1, 0.15) is 26.2 Å². The minimum atomic E-state index is -0.873. The maximum atomic E-state index is 10.0. The van der Waals surface area contributed by atoms with E-state index >= 15 is 0 Å². The van der Waals surface area contributed by atoms with Gasteiger partial charge in [0, 0.05) is 6.08 Å². The Balaban J connectivity index is 3.26. The molecule has 3 heteroatoms. The molecule has 70 valence electrons. The molecule has 0 aromatic carbocycles. The van der Waals surface area contributed by atoms with Crippen molar-refractivity contribution in [2.45, 2.75) is 26.2 Å². The van der Waals surface area contributed by atoms with Crippen LogP contribution in [0.15, 0.2) is 12.2 Å². The Bertz CT molecular complexity index is 155. The fourth-order valence-corrected chi connectivity index (χ4v) is 0.886. The largest absolute Gasteiger partial charge is 0.478 e. The molecule has 1 atom stereocenters. The van der Waals surface area contributed by atoms with E-state index < -0.39 is 5.97 Å². The van der Waals surface area contributed by atoms with Crippen LogP contribution in [0, 0.1) is 5.92 Å². The van der Waals surface area contributed by atoms with Crippen LogP contribution in [-0.4, -0.2) is 17.6 Å². The first kappa shape index (κ1) is 11.2. The van der Waals surface area contributed by atoms with Gasteiger partial charge in [0.1, 0.15) is 0 Å². The second-order valence-electron chi connectivity index (χ2n) is 3.01. The summed E-state index contributed by atoms with van der Waals surface area (Å²) < 4.78 is 0. The summed E-state index contributed by atoms with van der Waals surface area (Å²) >= 11 is 0. The number of carboxylic acid groups (broad SMARTS) is 1. The summed E-state index contributed by atoms with van der Waals surface area (Å²) in [5, 5.41) is 8.26. The minimum Gasteiger partial charge on any atom is -0.478 e. The van der Waals surface area contributed by atoms with Gasteiger partial charge in [0.05, 0.1) is 0 Å². The third kappa shape index (κ3) is 7.28. The lowest BCUT2D eigenvalue weighted by atomic mass is 10.0. The minimum absolute atomic E-state index is 0.545. The van der Waals surface area contributed by atoms with E-state index in [-0.39, 0.29) is 0 Å². The van der Waals surface area contributed by atoms with Gasteiger partial charge in [-0.05, 0) is 31.7 Å². The van der Waals surface area contributed by atoms with Gasteiger partial charge in [0.15, 0.2) is 0 Å². The number of allylic oxidation sites excluding steroid dienone is 1. The molecule has 0 heterocycles. The van der Waals surface area contributed by atoms with E-state index in [4.69, 9.17) is 10.8 Å². The molecule has 0 aliphatic rings. The molecule has 0 fully saturated rings. The molecule has 0 bridgehead atoms. The van der Waals surface area contributed by atoms with Crippen molar-refractivity contribution in [1.29, 1.82) is 0 Å². The number of aliphatic carboxylic acids is 1. The van der Waals surface area contributed by atoms with Crippen LogP contribution < -0.4 is 5.73 Å². The highest BCUT2D eigenvalue weighted by Gasteiger charge is 1.96. The lowest BCUT2D eigenvalue weighted by molar-refractivity contribution is -0.131. The monoisotopic (exact) mass is 171 g/mol. The van der Waals surface area contributed by atoms with Crippen LogP contribution in [0.4, 0.5) is 0 Å². The molecule has 3 nitrogen and oxygen atoms in total. The Hall–Kier alpha value is -0.830. The van der Waals surface area contributed by atoms with Gasteiger partial charge in [-0.25, -0.2) is 4.79 Å². The first-order valence-corrected chi connectivity index (χ1v) is 4.26. The molecule has 0 aromatic heterocycles. The molecular weight excluding hydrogens is 154 g/mol. The zero-order valence-corrected chi connectivity index (χ0v) is 7.49. The van der Waals surface area contributed by atoms with Crippen molar-refractivity contribution >= 4 is 5.97 Å². The van der Waals surface area contributed by atoms with Crippen molar-refractivity contribution < 1.29 is 9.90 Å². The zero-order chi connectivity index (χ0) is 9.40. The molecule has 0 spiro atoms. The van der Waals surface area contributed by atoms with Crippen LogP contribution in [0.5, 0.6) is 0 Å². The highest BCUT2D eigenvalue weighted by Crippen LogP contribution is 2.05. The summed E-state index contributed by atoms with van der Waals surface area (Å²) in [6.45, 7) is 2.81. The molecule has 0 saturated carbocycles. The van der Waals surface area contributed by atoms with E-state index in [1.54, 1.807) is 6.08 Å². The highest BCUT2D eigenvalue weighted by molar-refractivity contribution is 5.79. The number of rotatable bonds is 6. The zero-order valence-electron chi connectivity index (χ0n) is 7.49. The van der Waals surface area contributed by atoms with Crippen LogP contribution in [0.3, 0.4) is 0 Å².